The number of piperidine rings is 1. The topological polar surface area (TPSA) is 12.5 Å². The minimum atomic E-state index is -0.126. The molecule has 0 aromatic heterocycles. The predicted molar refractivity (Wildman–Crippen MR) is 92.8 cm³/mol. The van der Waals surface area contributed by atoms with Crippen molar-refractivity contribution in [2.75, 3.05) is 26.2 Å². The highest BCUT2D eigenvalue weighted by molar-refractivity contribution is 5.44. The molecule has 0 amide bonds. The van der Waals surface area contributed by atoms with Crippen LogP contribution in [-0.4, -0.2) is 31.1 Å². The van der Waals surface area contributed by atoms with Gasteiger partial charge in [0, 0.05) is 17.5 Å². The third kappa shape index (κ3) is 2.39. The largest absolute Gasteiger partial charge is 0.492 e. The van der Waals surface area contributed by atoms with Crippen LogP contribution >= 0.6 is 0 Å². The summed E-state index contributed by atoms with van der Waals surface area (Å²) in [6.07, 6.45) is 9.60. The molecule has 2 saturated carbocycles. The summed E-state index contributed by atoms with van der Waals surface area (Å²) in [5.41, 5.74) is 1.19. The third-order valence-electron chi connectivity index (χ3n) is 7.50. The molecule has 2 aliphatic heterocycles. The summed E-state index contributed by atoms with van der Waals surface area (Å²) in [7, 11) is 0. The number of rotatable bonds is 2. The fourth-order valence-corrected chi connectivity index (χ4v) is 5.97. The van der Waals surface area contributed by atoms with Gasteiger partial charge in [0.2, 0.25) is 0 Å². The van der Waals surface area contributed by atoms with Crippen molar-refractivity contribution in [1.29, 1.82) is 0 Å². The van der Waals surface area contributed by atoms with Gasteiger partial charge in [-0.15, -0.1) is 0 Å². The van der Waals surface area contributed by atoms with Gasteiger partial charge in [0.1, 0.15) is 11.6 Å². The van der Waals surface area contributed by atoms with Crippen LogP contribution in [0.5, 0.6) is 5.75 Å². The van der Waals surface area contributed by atoms with E-state index >= 15 is 0 Å². The van der Waals surface area contributed by atoms with Crippen LogP contribution in [-0.2, 0) is 5.41 Å². The number of ether oxygens (including phenoxy) is 1. The van der Waals surface area contributed by atoms with Crippen molar-refractivity contribution in [2.24, 2.45) is 17.8 Å². The molecular weight excluding hydrogens is 301 g/mol. The molecule has 1 saturated heterocycles. The van der Waals surface area contributed by atoms with Crippen molar-refractivity contribution in [3.8, 4) is 5.75 Å². The maximum atomic E-state index is 13.7. The van der Waals surface area contributed by atoms with E-state index in [4.69, 9.17) is 4.74 Å². The highest BCUT2D eigenvalue weighted by Crippen LogP contribution is 2.50. The molecule has 5 rings (SSSR count). The molecule has 2 aliphatic carbocycles. The predicted octanol–water partition coefficient (Wildman–Crippen LogP) is 4.38. The van der Waals surface area contributed by atoms with Crippen LogP contribution in [0.1, 0.15) is 50.5 Å². The lowest BCUT2D eigenvalue weighted by atomic mass is 9.58. The van der Waals surface area contributed by atoms with E-state index in [-0.39, 0.29) is 11.2 Å². The van der Waals surface area contributed by atoms with E-state index in [1.54, 1.807) is 6.07 Å². The lowest BCUT2D eigenvalue weighted by Gasteiger charge is -2.50. The van der Waals surface area contributed by atoms with Crippen molar-refractivity contribution in [2.45, 2.75) is 50.4 Å². The average Bonchev–Trinajstić information content (AvgIpc) is 2.92. The summed E-state index contributed by atoms with van der Waals surface area (Å²) in [5.74, 6) is 3.82. The van der Waals surface area contributed by atoms with Gasteiger partial charge in [-0.25, -0.2) is 4.39 Å². The van der Waals surface area contributed by atoms with Crippen LogP contribution in [0, 0.1) is 23.6 Å². The summed E-state index contributed by atoms with van der Waals surface area (Å²) >= 11 is 0. The van der Waals surface area contributed by atoms with Crippen LogP contribution in [0.3, 0.4) is 0 Å². The quantitative estimate of drug-likeness (QED) is 0.798. The first-order valence-electron chi connectivity index (χ1n) is 9.89. The molecule has 0 N–H and O–H groups in total. The van der Waals surface area contributed by atoms with Crippen LogP contribution in [0.25, 0.3) is 0 Å². The maximum Gasteiger partial charge on any atom is 0.123 e. The van der Waals surface area contributed by atoms with Crippen molar-refractivity contribution in [3.05, 3.63) is 29.6 Å². The maximum absolute atomic E-state index is 13.7. The highest BCUT2D eigenvalue weighted by atomic mass is 19.1. The number of nitrogens with zero attached hydrogens (tertiary/aromatic N) is 1. The molecule has 24 heavy (non-hydrogen) atoms. The van der Waals surface area contributed by atoms with E-state index in [2.05, 4.69) is 4.90 Å². The Bertz CT molecular complexity index is 622. The highest BCUT2D eigenvalue weighted by Gasteiger charge is 2.46. The zero-order valence-corrected chi connectivity index (χ0v) is 14.5. The fraction of sp³-hybridized carbons (Fsp3) is 0.714. The zero-order chi connectivity index (χ0) is 16.1. The number of fused-ring (bicyclic) bond motifs is 3. The Kier molecular flexibility index (Phi) is 3.62. The molecule has 3 heteroatoms. The molecule has 1 aromatic carbocycles. The molecule has 1 aromatic rings. The minimum absolute atomic E-state index is 0.0704. The molecule has 2 nitrogen and oxygen atoms in total. The van der Waals surface area contributed by atoms with Crippen LogP contribution < -0.4 is 4.74 Å². The second-order valence-corrected chi connectivity index (χ2v) is 8.71. The van der Waals surface area contributed by atoms with E-state index in [0.29, 0.717) is 0 Å². The number of benzene rings is 1. The number of hydrogen-bond donors (Lipinski definition) is 0. The second kappa shape index (κ2) is 5.72. The molecule has 2 heterocycles. The summed E-state index contributed by atoms with van der Waals surface area (Å²) in [6.45, 7) is 4.34. The van der Waals surface area contributed by atoms with E-state index in [1.165, 1.54) is 44.7 Å². The Labute approximate surface area is 144 Å². The Morgan fingerprint density at radius 3 is 2.83 bits per heavy atom. The first-order chi connectivity index (χ1) is 11.7. The number of halogens is 1. The Hall–Kier alpha value is -1.09. The molecular formula is C21H28FNO. The van der Waals surface area contributed by atoms with Crippen LogP contribution in [0.15, 0.2) is 18.2 Å². The lowest BCUT2D eigenvalue weighted by molar-refractivity contribution is -0.00392. The normalized spacial score (nSPS) is 34.3. The van der Waals surface area contributed by atoms with Crippen molar-refractivity contribution < 1.29 is 9.13 Å². The van der Waals surface area contributed by atoms with Gasteiger partial charge in [-0.1, -0.05) is 19.3 Å². The summed E-state index contributed by atoms with van der Waals surface area (Å²) < 4.78 is 19.6. The molecule has 0 bridgehead atoms. The van der Waals surface area contributed by atoms with Crippen molar-refractivity contribution in [3.63, 3.8) is 0 Å². The third-order valence-corrected chi connectivity index (χ3v) is 7.50. The monoisotopic (exact) mass is 329 g/mol. The molecule has 4 aliphatic rings. The van der Waals surface area contributed by atoms with Gasteiger partial charge in [0.15, 0.2) is 0 Å². The van der Waals surface area contributed by atoms with Gasteiger partial charge in [0.05, 0.1) is 6.61 Å². The summed E-state index contributed by atoms with van der Waals surface area (Å²) in [6, 6.07) is 5.05. The van der Waals surface area contributed by atoms with Crippen LogP contribution in [0.2, 0.25) is 0 Å². The van der Waals surface area contributed by atoms with Gasteiger partial charge in [-0.05, 0) is 74.7 Å². The van der Waals surface area contributed by atoms with Crippen molar-refractivity contribution in [1.82, 2.24) is 4.90 Å². The SMILES string of the molecule is Fc1ccc2c(c1)C1(CCN(C[C@H]3CC4CCCC[C@@H]43)CC1)CO2. The second-order valence-electron chi connectivity index (χ2n) is 8.71. The molecule has 130 valence electrons. The Morgan fingerprint density at radius 1 is 1.17 bits per heavy atom. The molecule has 0 radical (unpaired) electrons. The smallest absolute Gasteiger partial charge is 0.123 e. The summed E-state index contributed by atoms with van der Waals surface area (Å²) in [4.78, 5) is 2.68. The summed E-state index contributed by atoms with van der Waals surface area (Å²) in [5, 5.41) is 0. The van der Waals surface area contributed by atoms with E-state index in [1.807, 2.05) is 6.07 Å². The first-order valence-corrected chi connectivity index (χ1v) is 9.89. The van der Waals surface area contributed by atoms with Gasteiger partial charge in [0.25, 0.3) is 0 Å². The van der Waals surface area contributed by atoms with Gasteiger partial charge >= 0.3 is 0 Å². The molecule has 3 atom stereocenters. The first kappa shape index (κ1) is 15.2. The molecule has 3 fully saturated rings. The lowest BCUT2D eigenvalue weighted by Crippen LogP contribution is -2.49. The van der Waals surface area contributed by atoms with E-state index in [0.717, 1.165) is 61.6 Å². The number of likely N-dealkylation sites (tertiary alicyclic amines) is 1. The van der Waals surface area contributed by atoms with E-state index < -0.39 is 0 Å². The molecule has 1 unspecified atom stereocenters. The average molecular weight is 329 g/mol. The van der Waals surface area contributed by atoms with Gasteiger partial charge < -0.3 is 9.64 Å². The fourth-order valence-electron chi connectivity index (χ4n) is 5.97. The van der Waals surface area contributed by atoms with Gasteiger partial charge in [-0.2, -0.15) is 0 Å². The van der Waals surface area contributed by atoms with Crippen molar-refractivity contribution >= 4 is 0 Å². The molecule has 1 spiro atoms. The van der Waals surface area contributed by atoms with Gasteiger partial charge in [-0.3, -0.25) is 0 Å². The standard InChI is InChI=1S/C21H28FNO/c22-17-5-6-20-19(12-17)21(14-24-20)7-9-23(10-8-21)13-16-11-15-3-1-2-4-18(15)16/h5-6,12,15-16,18H,1-4,7-11,13-14H2/t15?,16-,18+/m1/s1. The Morgan fingerprint density at radius 2 is 2.00 bits per heavy atom. The minimum Gasteiger partial charge on any atom is -0.492 e. The number of hydrogen-bond acceptors (Lipinski definition) is 2. The Balaban J connectivity index is 1.22. The van der Waals surface area contributed by atoms with Crippen LogP contribution in [0.4, 0.5) is 4.39 Å². The zero-order valence-electron chi connectivity index (χ0n) is 14.5. The van der Waals surface area contributed by atoms with E-state index in [9.17, 15) is 4.39 Å².